The number of thioether (sulfide) groups is 1. The molecule has 0 radical (unpaired) electrons. The first kappa shape index (κ1) is 22.6. The monoisotopic (exact) mass is 460 g/mol. The Morgan fingerprint density at radius 2 is 1.88 bits per heavy atom. The highest BCUT2D eigenvalue weighted by atomic mass is 32.2. The summed E-state index contributed by atoms with van der Waals surface area (Å²) in [6, 6.07) is 18.9. The third-order valence-electron chi connectivity index (χ3n) is 5.05. The smallest absolute Gasteiger partial charge is 0.294 e. The number of hydrogen-bond acceptors (Lipinski definition) is 5. The van der Waals surface area contributed by atoms with E-state index in [1.807, 2.05) is 75.4 Å². The van der Waals surface area contributed by atoms with Crippen LogP contribution in [0, 0.1) is 6.92 Å². The van der Waals surface area contributed by atoms with Crippen molar-refractivity contribution in [2.75, 3.05) is 11.9 Å². The van der Waals surface area contributed by atoms with Gasteiger partial charge in [-0.3, -0.25) is 19.3 Å². The molecule has 0 aromatic heterocycles. The maximum absolute atomic E-state index is 13.0. The minimum Gasteiger partial charge on any atom is -0.490 e. The fourth-order valence-corrected chi connectivity index (χ4v) is 4.44. The van der Waals surface area contributed by atoms with Gasteiger partial charge in [-0.25, -0.2) is 0 Å². The number of imide groups is 1. The Morgan fingerprint density at radius 1 is 1.09 bits per heavy atom. The number of nitrogens with one attached hydrogen (secondary N) is 1. The van der Waals surface area contributed by atoms with E-state index in [1.54, 1.807) is 12.1 Å². The summed E-state index contributed by atoms with van der Waals surface area (Å²) >= 11 is 0.826. The molecule has 7 heteroatoms. The minimum absolute atomic E-state index is 0.0568. The molecule has 0 spiro atoms. The Labute approximate surface area is 196 Å². The molecule has 0 atom stereocenters. The molecular weight excluding hydrogens is 436 g/mol. The molecule has 1 aliphatic rings. The maximum atomic E-state index is 13.0. The first-order chi connectivity index (χ1) is 15.8. The van der Waals surface area contributed by atoms with Gasteiger partial charge in [-0.05, 0) is 73.1 Å². The molecule has 0 bridgehead atoms. The number of hydrogen-bond donors (Lipinski definition) is 1. The van der Waals surface area contributed by atoms with Gasteiger partial charge < -0.3 is 10.1 Å². The van der Waals surface area contributed by atoms with Gasteiger partial charge in [0.2, 0.25) is 5.91 Å². The van der Waals surface area contributed by atoms with Gasteiger partial charge >= 0.3 is 0 Å². The summed E-state index contributed by atoms with van der Waals surface area (Å²) in [6.45, 7) is 5.43. The van der Waals surface area contributed by atoms with E-state index in [9.17, 15) is 14.4 Å². The van der Waals surface area contributed by atoms with Gasteiger partial charge in [0.15, 0.2) is 0 Å². The van der Waals surface area contributed by atoms with Crippen LogP contribution in [0.1, 0.15) is 25.0 Å². The lowest BCUT2D eigenvalue weighted by Crippen LogP contribution is -2.36. The predicted octanol–water partition coefficient (Wildman–Crippen LogP) is 5.61. The summed E-state index contributed by atoms with van der Waals surface area (Å²) in [7, 11) is 0. The van der Waals surface area contributed by atoms with Crippen molar-refractivity contribution in [3.05, 3.63) is 76.7 Å². The number of amides is 3. The fraction of sp³-hybridized carbons (Fsp3) is 0.192. The van der Waals surface area contributed by atoms with Crippen LogP contribution in [0.2, 0.25) is 0 Å². The first-order valence-corrected chi connectivity index (χ1v) is 11.4. The number of nitrogens with zero attached hydrogens (tertiary/aromatic N) is 1. The molecule has 168 valence electrons. The Bertz CT molecular complexity index is 1280. The number of carbonyl (C=O) groups is 3. The van der Waals surface area contributed by atoms with E-state index in [0.29, 0.717) is 11.4 Å². The van der Waals surface area contributed by atoms with Crippen LogP contribution in [0.3, 0.4) is 0 Å². The summed E-state index contributed by atoms with van der Waals surface area (Å²) in [5, 5.41) is 4.17. The largest absolute Gasteiger partial charge is 0.490 e. The fourth-order valence-electron chi connectivity index (χ4n) is 3.62. The van der Waals surface area contributed by atoms with Crippen LogP contribution in [0.25, 0.3) is 16.8 Å². The molecule has 0 unspecified atom stereocenters. The second-order valence-electron chi connectivity index (χ2n) is 8.05. The van der Waals surface area contributed by atoms with E-state index < -0.39 is 17.1 Å². The number of fused-ring (bicyclic) bond motifs is 1. The van der Waals surface area contributed by atoms with Crippen molar-refractivity contribution < 1.29 is 19.1 Å². The highest BCUT2D eigenvalue weighted by molar-refractivity contribution is 8.18. The van der Waals surface area contributed by atoms with Gasteiger partial charge in [-0.2, -0.15) is 0 Å². The second kappa shape index (κ2) is 9.50. The average molecular weight is 461 g/mol. The van der Waals surface area contributed by atoms with Gasteiger partial charge in [0, 0.05) is 11.3 Å². The molecule has 3 amide bonds. The van der Waals surface area contributed by atoms with E-state index in [-0.39, 0.29) is 17.6 Å². The average Bonchev–Trinajstić information content (AvgIpc) is 3.02. The Balaban J connectivity index is 1.60. The number of carbonyl (C=O) groups excluding carboxylic acids is 3. The van der Waals surface area contributed by atoms with Crippen LogP contribution in [-0.2, 0) is 9.59 Å². The molecule has 0 aliphatic carbocycles. The van der Waals surface area contributed by atoms with Crippen LogP contribution in [-0.4, -0.2) is 34.6 Å². The zero-order valence-electron chi connectivity index (χ0n) is 18.6. The van der Waals surface area contributed by atoms with E-state index in [0.717, 1.165) is 38.6 Å². The highest BCUT2D eigenvalue weighted by Crippen LogP contribution is 2.37. The standard InChI is InChI=1S/C26H24N2O4S/c1-16(2)32-22-12-11-18-8-4-5-10-20(18)21(22)14-23-25(30)28(26(31)33-23)15-24(29)27-19-9-6-7-17(3)13-19/h4-14,16H,15H2,1-3H3,(H,27,29)/b23-14-. The second-order valence-corrected chi connectivity index (χ2v) is 9.04. The van der Waals surface area contributed by atoms with Crippen molar-refractivity contribution in [1.82, 2.24) is 4.90 Å². The molecule has 1 heterocycles. The quantitative estimate of drug-likeness (QED) is 0.484. The Morgan fingerprint density at radius 3 is 2.64 bits per heavy atom. The lowest BCUT2D eigenvalue weighted by molar-refractivity contribution is -0.127. The van der Waals surface area contributed by atoms with Gasteiger partial charge in [0.25, 0.3) is 11.1 Å². The van der Waals surface area contributed by atoms with Crippen LogP contribution < -0.4 is 10.1 Å². The van der Waals surface area contributed by atoms with Crippen molar-refractivity contribution in [1.29, 1.82) is 0 Å². The van der Waals surface area contributed by atoms with Crippen LogP contribution in [0.5, 0.6) is 5.75 Å². The molecule has 3 aromatic carbocycles. The number of aryl methyl sites for hydroxylation is 1. The first-order valence-electron chi connectivity index (χ1n) is 10.6. The SMILES string of the molecule is Cc1cccc(NC(=O)CN2C(=O)S/C(=C\c3c(OC(C)C)ccc4ccccc34)C2=O)c1. The number of ether oxygens (including phenoxy) is 1. The molecular formula is C26H24N2O4S. The lowest BCUT2D eigenvalue weighted by Gasteiger charge is -2.15. The van der Waals surface area contributed by atoms with E-state index in [4.69, 9.17) is 4.74 Å². The third kappa shape index (κ3) is 5.09. The van der Waals surface area contributed by atoms with Crippen molar-refractivity contribution in [2.24, 2.45) is 0 Å². The third-order valence-corrected chi connectivity index (χ3v) is 5.95. The van der Waals surface area contributed by atoms with Crippen molar-refractivity contribution in [3.63, 3.8) is 0 Å². The number of benzene rings is 3. The molecule has 6 nitrogen and oxygen atoms in total. The molecule has 1 saturated heterocycles. The van der Waals surface area contributed by atoms with Crippen molar-refractivity contribution in [2.45, 2.75) is 26.9 Å². The van der Waals surface area contributed by atoms with E-state index >= 15 is 0 Å². The van der Waals surface area contributed by atoms with E-state index in [1.165, 1.54) is 0 Å². The zero-order chi connectivity index (χ0) is 23.5. The van der Waals surface area contributed by atoms with Crippen LogP contribution in [0.15, 0.2) is 65.6 Å². The summed E-state index contributed by atoms with van der Waals surface area (Å²) in [5.41, 5.74) is 2.35. The van der Waals surface area contributed by atoms with Gasteiger partial charge in [-0.1, -0.05) is 42.5 Å². The van der Waals surface area contributed by atoms with Gasteiger partial charge in [0.05, 0.1) is 11.0 Å². The molecule has 1 N–H and O–H groups in total. The van der Waals surface area contributed by atoms with Crippen molar-refractivity contribution in [3.8, 4) is 5.75 Å². The minimum atomic E-state index is -0.493. The summed E-state index contributed by atoms with van der Waals surface area (Å²) in [5.74, 6) is -0.293. The van der Waals surface area contributed by atoms with Crippen LogP contribution in [0.4, 0.5) is 10.5 Å². The van der Waals surface area contributed by atoms with Crippen molar-refractivity contribution >= 4 is 51.4 Å². The van der Waals surface area contributed by atoms with Crippen LogP contribution >= 0.6 is 11.8 Å². The van der Waals surface area contributed by atoms with Gasteiger partial charge in [-0.15, -0.1) is 0 Å². The van der Waals surface area contributed by atoms with Gasteiger partial charge in [0.1, 0.15) is 12.3 Å². The summed E-state index contributed by atoms with van der Waals surface area (Å²) < 4.78 is 5.97. The normalized spacial score (nSPS) is 15.0. The highest BCUT2D eigenvalue weighted by Gasteiger charge is 2.36. The summed E-state index contributed by atoms with van der Waals surface area (Å²) in [4.78, 5) is 39.3. The summed E-state index contributed by atoms with van der Waals surface area (Å²) in [6.07, 6.45) is 1.63. The maximum Gasteiger partial charge on any atom is 0.294 e. The molecule has 1 aliphatic heterocycles. The Kier molecular flexibility index (Phi) is 6.51. The molecule has 4 rings (SSSR count). The zero-order valence-corrected chi connectivity index (χ0v) is 19.4. The molecule has 1 fully saturated rings. The topological polar surface area (TPSA) is 75.7 Å². The lowest BCUT2D eigenvalue weighted by atomic mass is 10.0. The number of rotatable bonds is 6. The molecule has 33 heavy (non-hydrogen) atoms. The van der Waals surface area contributed by atoms with E-state index in [2.05, 4.69) is 5.32 Å². The molecule has 3 aromatic rings. The Hall–Kier alpha value is -3.58. The molecule has 0 saturated carbocycles. The number of anilines is 1. The predicted molar refractivity (Wildman–Crippen MR) is 132 cm³/mol.